The van der Waals surface area contributed by atoms with Crippen molar-refractivity contribution in [2.75, 3.05) is 6.61 Å². The summed E-state index contributed by atoms with van der Waals surface area (Å²) in [6, 6.07) is 13.5. The minimum Gasteiger partial charge on any atom is -0.481 e. The van der Waals surface area contributed by atoms with Crippen LogP contribution in [0.25, 0.3) is 11.0 Å². The molecule has 0 saturated carbocycles. The van der Waals surface area contributed by atoms with Crippen LogP contribution in [0.5, 0.6) is 5.75 Å². The highest BCUT2D eigenvalue weighted by Crippen LogP contribution is 2.30. The summed E-state index contributed by atoms with van der Waals surface area (Å²) in [5.41, 5.74) is 2.82. The van der Waals surface area contributed by atoms with E-state index in [2.05, 4.69) is 0 Å². The fraction of sp³-hybridized carbons (Fsp3) is 0.333. The Morgan fingerprint density at radius 3 is 2.34 bits per heavy atom. The maximum Gasteiger partial charge on any atom is 0.344 e. The molecule has 0 aliphatic heterocycles. The van der Waals surface area contributed by atoms with E-state index < -0.39 is 11.6 Å². The fourth-order valence-corrected chi connectivity index (χ4v) is 3.24. The minimum absolute atomic E-state index is 0.209. The average Bonchev–Trinajstić information content (AvgIpc) is 2.64. The molecule has 0 unspecified atom stereocenters. The minimum atomic E-state index is -0.571. The Kier molecular flexibility index (Phi) is 5.78. The summed E-state index contributed by atoms with van der Waals surface area (Å²) >= 11 is 0. The zero-order valence-electron chi connectivity index (χ0n) is 17.5. The van der Waals surface area contributed by atoms with Crippen LogP contribution in [0.2, 0.25) is 0 Å². The van der Waals surface area contributed by atoms with Crippen molar-refractivity contribution in [3.8, 4) is 5.75 Å². The Bertz CT molecular complexity index is 1090. The van der Waals surface area contributed by atoms with Gasteiger partial charge in [0.2, 0.25) is 0 Å². The highest BCUT2D eigenvalue weighted by Gasteiger charge is 2.19. The van der Waals surface area contributed by atoms with Crippen molar-refractivity contribution in [1.29, 1.82) is 0 Å². The van der Waals surface area contributed by atoms with E-state index in [1.807, 2.05) is 50.2 Å². The molecule has 152 valence electrons. The van der Waals surface area contributed by atoms with Crippen LogP contribution in [0.4, 0.5) is 0 Å². The highest BCUT2D eigenvalue weighted by atomic mass is 16.6. The van der Waals surface area contributed by atoms with Crippen LogP contribution in [-0.4, -0.2) is 18.2 Å². The number of carbonyl (C=O) groups is 1. The molecule has 3 rings (SSSR count). The first-order valence-corrected chi connectivity index (χ1v) is 9.60. The van der Waals surface area contributed by atoms with Gasteiger partial charge in [0, 0.05) is 22.9 Å². The van der Waals surface area contributed by atoms with Gasteiger partial charge in [-0.05, 0) is 57.9 Å². The number of ether oxygens (including phenoxy) is 2. The molecule has 0 amide bonds. The SMILES string of the molecule is Cc1c(Cc2ccccc2)c(=O)oc2c(C)c(OCC(=O)OC(C)(C)C)ccc12. The average molecular weight is 394 g/mol. The van der Waals surface area contributed by atoms with Crippen LogP contribution >= 0.6 is 0 Å². The summed E-state index contributed by atoms with van der Waals surface area (Å²) in [4.78, 5) is 24.6. The topological polar surface area (TPSA) is 65.7 Å². The molecule has 0 bridgehead atoms. The van der Waals surface area contributed by atoms with Gasteiger partial charge in [-0.3, -0.25) is 0 Å². The molecular formula is C24H26O5. The molecule has 0 N–H and O–H groups in total. The smallest absolute Gasteiger partial charge is 0.344 e. The zero-order chi connectivity index (χ0) is 21.2. The van der Waals surface area contributed by atoms with E-state index in [1.165, 1.54) is 0 Å². The molecule has 0 aliphatic rings. The van der Waals surface area contributed by atoms with Gasteiger partial charge < -0.3 is 13.9 Å². The Morgan fingerprint density at radius 1 is 1.00 bits per heavy atom. The van der Waals surface area contributed by atoms with Gasteiger partial charge in [0.05, 0.1) is 0 Å². The zero-order valence-corrected chi connectivity index (χ0v) is 17.5. The monoisotopic (exact) mass is 394 g/mol. The lowest BCUT2D eigenvalue weighted by Gasteiger charge is -2.20. The maximum absolute atomic E-state index is 12.7. The Morgan fingerprint density at radius 2 is 1.69 bits per heavy atom. The quantitative estimate of drug-likeness (QED) is 0.463. The lowest BCUT2D eigenvalue weighted by Crippen LogP contribution is -2.27. The predicted octanol–water partition coefficient (Wildman–Crippen LogP) is 4.72. The molecule has 2 aromatic carbocycles. The molecule has 1 heterocycles. The molecule has 0 fully saturated rings. The Hall–Kier alpha value is -3.08. The normalized spacial score (nSPS) is 11.5. The van der Waals surface area contributed by atoms with Crippen LogP contribution in [0.15, 0.2) is 51.7 Å². The van der Waals surface area contributed by atoms with Crippen molar-refractivity contribution in [1.82, 2.24) is 0 Å². The maximum atomic E-state index is 12.7. The molecule has 5 heteroatoms. The van der Waals surface area contributed by atoms with Gasteiger partial charge in [-0.15, -0.1) is 0 Å². The second kappa shape index (κ2) is 8.11. The third-order valence-corrected chi connectivity index (χ3v) is 4.64. The van der Waals surface area contributed by atoms with Crippen LogP contribution in [0.1, 0.15) is 43.0 Å². The van der Waals surface area contributed by atoms with E-state index in [0.717, 1.165) is 16.5 Å². The van der Waals surface area contributed by atoms with E-state index in [4.69, 9.17) is 13.9 Å². The summed E-state index contributed by atoms with van der Waals surface area (Å²) in [5.74, 6) is 0.0366. The van der Waals surface area contributed by atoms with Crippen LogP contribution in [0.3, 0.4) is 0 Å². The van der Waals surface area contributed by atoms with Crippen LogP contribution < -0.4 is 10.4 Å². The second-order valence-electron chi connectivity index (χ2n) is 8.10. The summed E-state index contributed by atoms with van der Waals surface area (Å²) < 4.78 is 16.5. The predicted molar refractivity (Wildman–Crippen MR) is 113 cm³/mol. The van der Waals surface area contributed by atoms with Gasteiger partial charge in [-0.25, -0.2) is 9.59 Å². The number of benzene rings is 2. The Balaban J connectivity index is 1.90. The van der Waals surface area contributed by atoms with E-state index >= 15 is 0 Å². The first-order chi connectivity index (χ1) is 13.7. The number of esters is 1. The molecule has 0 atom stereocenters. The van der Waals surface area contributed by atoms with Gasteiger partial charge in [-0.2, -0.15) is 0 Å². The van der Waals surface area contributed by atoms with Crippen molar-refractivity contribution >= 4 is 16.9 Å². The summed E-state index contributed by atoms with van der Waals surface area (Å²) in [5, 5.41) is 0.859. The van der Waals surface area contributed by atoms with E-state index in [9.17, 15) is 9.59 Å². The van der Waals surface area contributed by atoms with Crippen molar-refractivity contribution in [3.63, 3.8) is 0 Å². The highest BCUT2D eigenvalue weighted by molar-refractivity contribution is 5.85. The summed E-state index contributed by atoms with van der Waals surface area (Å²) in [7, 11) is 0. The lowest BCUT2D eigenvalue weighted by molar-refractivity contribution is -0.157. The van der Waals surface area contributed by atoms with E-state index in [1.54, 1.807) is 26.8 Å². The first-order valence-electron chi connectivity index (χ1n) is 9.60. The molecule has 29 heavy (non-hydrogen) atoms. The summed E-state index contributed by atoms with van der Waals surface area (Å²) in [6.45, 7) is 8.94. The number of hydrogen-bond donors (Lipinski definition) is 0. The van der Waals surface area contributed by atoms with Gasteiger partial charge >= 0.3 is 11.6 Å². The van der Waals surface area contributed by atoms with Gasteiger partial charge in [0.1, 0.15) is 16.9 Å². The number of aryl methyl sites for hydroxylation is 2. The van der Waals surface area contributed by atoms with Gasteiger partial charge in [0.15, 0.2) is 6.61 Å². The van der Waals surface area contributed by atoms with Gasteiger partial charge in [-0.1, -0.05) is 30.3 Å². The number of fused-ring (bicyclic) bond motifs is 1. The number of rotatable bonds is 5. The third-order valence-electron chi connectivity index (χ3n) is 4.64. The van der Waals surface area contributed by atoms with Gasteiger partial charge in [0.25, 0.3) is 0 Å². The number of carbonyl (C=O) groups excluding carboxylic acids is 1. The molecule has 1 aromatic heterocycles. The van der Waals surface area contributed by atoms with Crippen molar-refractivity contribution in [3.05, 3.63) is 75.1 Å². The standard InChI is InChI=1S/C24H26O5/c1-15-18-11-12-20(27-14-21(25)29-24(3,4)5)16(2)22(18)28-23(26)19(15)13-17-9-7-6-8-10-17/h6-12H,13-14H2,1-5H3. The molecule has 0 radical (unpaired) electrons. The third kappa shape index (κ3) is 4.86. The molecule has 0 aliphatic carbocycles. The Labute approximate surface area is 170 Å². The molecular weight excluding hydrogens is 368 g/mol. The lowest BCUT2D eigenvalue weighted by atomic mass is 9.98. The number of hydrogen-bond acceptors (Lipinski definition) is 5. The van der Waals surface area contributed by atoms with E-state index in [-0.39, 0.29) is 12.2 Å². The van der Waals surface area contributed by atoms with Crippen LogP contribution in [-0.2, 0) is 16.0 Å². The summed E-state index contributed by atoms with van der Waals surface area (Å²) in [6.07, 6.45) is 0.515. The van der Waals surface area contributed by atoms with Crippen molar-refractivity contribution < 1.29 is 18.7 Å². The molecule has 5 nitrogen and oxygen atoms in total. The molecule has 0 saturated heterocycles. The van der Waals surface area contributed by atoms with Crippen molar-refractivity contribution in [2.24, 2.45) is 0 Å². The molecule has 0 spiro atoms. The molecule has 3 aromatic rings. The first kappa shape index (κ1) is 20.6. The van der Waals surface area contributed by atoms with Crippen molar-refractivity contribution in [2.45, 2.75) is 46.6 Å². The van der Waals surface area contributed by atoms with E-state index in [0.29, 0.717) is 28.9 Å². The second-order valence-corrected chi connectivity index (χ2v) is 8.10. The van der Waals surface area contributed by atoms with Crippen LogP contribution in [0, 0.1) is 13.8 Å². The largest absolute Gasteiger partial charge is 0.481 e. The fourth-order valence-electron chi connectivity index (χ4n) is 3.24.